The van der Waals surface area contributed by atoms with Crippen LogP contribution in [0.1, 0.15) is 24.5 Å². The molecule has 3 rings (SSSR count). The third kappa shape index (κ3) is 6.34. The number of hydrogen-bond donors (Lipinski definition) is 1. The Morgan fingerprint density at radius 2 is 1.87 bits per heavy atom. The molecule has 1 heterocycles. The van der Waals surface area contributed by atoms with E-state index in [4.69, 9.17) is 14.2 Å². The van der Waals surface area contributed by atoms with Crippen molar-refractivity contribution < 1.29 is 28.2 Å². The highest BCUT2D eigenvalue weighted by atomic mass is 19.1. The number of carbonyl (C=O) groups is 2. The van der Waals surface area contributed by atoms with Crippen molar-refractivity contribution in [2.45, 2.75) is 25.9 Å². The lowest BCUT2D eigenvalue weighted by atomic mass is 10.1. The smallest absolute Gasteiger partial charge is 0.331 e. The van der Waals surface area contributed by atoms with E-state index in [1.165, 1.54) is 25.1 Å². The van der Waals surface area contributed by atoms with Crippen molar-refractivity contribution in [3.8, 4) is 11.5 Å². The average molecular weight is 413 g/mol. The lowest BCUT2D eigenvalue weighted by Gasteiger charge is -2.12. The molecule has 2 aromatic rings. The maximum atomic E-state index is 12.9. The summed E-state index contributed by atoms with van der Waals surface area (Å²) in [6.07, 6.45) is 3.30. The van der Waals surface area contributed by atoms with Gasteiger partial charge in [0.15, 0.2) is 17.6 Å². The minimum absolute atomic E-state index is 0.303. The van der Waals surface area contributed by atoms with E-state index in [0.29, 0.717) is 37.7 Å². The lowest BCUT2D eigenvalue weighted by molar-refractivity contribution is -0.150. The summed E-state index contributed by atoms with van der Waals surface area (Å²) >= 11 is 0. The molecule has 1 amide bonds. The van der Waals surface area contributed by atoms with Crippen LogP contribution < -0.4 is 14.8 Å². The molecular formula is C23H24FNO5. The summed E-state index contributed by atoms with van der Waals surface area (Å²) in [6.45, 7) is 3.06. The van der Waals surface area contributed by atoms with Gasteiger partial charge < -0.3 is 19.5 Å². The molecule has 7 heteroatoms. The number of amides is 1. The quantitative estimate of drug-likeness (QED) is 0.557. The van der Waals surface area contributed by atoms with Gasteiger partial charge in [0.25, 0.3) is 5.91 Å². The fourth-order valence-corrected chi connectivity index (χ4v) is 2.84. The maximum absolute atomic E-state index is 12.9. The molecule has 0 saturated heterocycles. The molecule has 30 heavy (non-hydrogen) atoms. The number of fused-ring (bicyclic) bond motifs is 1. The molecule has 0 bridgehead atoms. The number of carbonyl (C=O) groups excluding carboxylic acids is 2. The summed E-state index contributed by atoms with van der Waals surface area (Å²) in [5.74, 6) is -0.00377. The summed E-state index contributed by atoms with van der Waals surface area (Å²) in [5, 5.41) is 2.70. The summed E-state index contributed by atoms with van der Waals surface area (Å²) in [6, 6.07) is 11.5. The Hall–Kier alpha value is -3.35. The third-order valence-electron chi connectivity index (χ3n) is 4.47. The molecule has 0 unspecified atom stereocenters. The number of benzene rings is 2. The maximum Gasteiger partial charge on any atom is 0.331 e. The zero-order valence-corrected chi connectivity index (χ0v) is 16.7. The van der Waals surface area contributed by atoms with E-state index in [-0.39, 0.29) is 5.82 Å². The van der Waals surface area contributed by atoms with E-state index in [1.807, 2.05) is 6.07 Å². The van der Waals surface area contributed by atoms with E-state index in [2.05, 4.69) is 5.32 Å². The summed E-state index contributed by atoms with van der Waals surface area (Å²) < 4.78 is 29.2. The first-order chi connectivity index (χ1) is 14.5. The second kappa shape index (κ2) is 10.4. The molecular weight excluding hydrogens is 389 g/mol. The first-order valence-corrected chi connectivity index (χ1v) is 9.82. The van der Waals surface area contributed by atoms with Crippen LogP contribution in [-0.2, 0) is 20.7 Å². The molecule has 1 N–H and O–H groups in total. The molecule has 6 nitrogen and oxygen atoms in total. The van der Waals surface area contributed by atoms with Crippen LogP contribution in [0.25, 0.3) is 6.08 Å². The van der Waals surface area contributed by atoms with Crippen LogP contribution in [0.2, 0.25) is 0 Å². The number of rotatable bonds is 7. The number of ether oxygens (including phenoxy) is 3. The normalized spacial score (nSPS) is 14.1. The molecule has 0 spiro atoms. The van der Waals surface area contributed by atoms with E-state index in [1.54, 1.807) is 30.3 Å². The highest BCUT2D eigenvalue weighted by Crippen LogP contribution is 2.30. The first-order valence-electron chi connectivity index (χ1n) is 9.82. The third-order valence-corrected chi connectivity index (χ3v) is 4.47. The van der Waals surface area contributed by atoms with Crippen LogP contribution in [0.3, 0.4) is 0 Å². The van der Waals surface area contributed by atoms with Gasteiger partial charge in [-0.25, -0.2) is 9.18 Å². The van der Waals surface area contributed by atoms with E-state index in [9.17, 15) is 14.0 Å². The van der Waals surface area contributed by atoms with Gasteiger partial charge in [-0.3, -0.25) is 4.79 Å². The van der Waals surface area contributed by atoms with Crippen LogP contribution >= 0.6 is 0 Å². The second-order valence-corrected chi connectivity index (χ2v) is 6.84. The molecule has 158 valence electrons. The van der Waals surface area contributed by atoms with Gasteiger partial charge in [-0.1, -0.05) is 18.2 Å². The van der Waals surface area contributed by atoms with Gasteiger partial charge in [0.1, 0.15) is 5.82 Å². The zero-order chi connectivity index (χ0) is 21.3. The number of hydrogen-bond acceptors (Lipinski definition) is 5. The van der Waals surface area contributed by atoms with Crippen LogP contribution in [0.5, 0.6) is 11.5 Å². The van der Waals surface area contributed by atoms with Crippen molar-refractivity contribution >= 4 is 18.0 Å². The molecule has 0 fully saturated rings. The number of halogens is 1. The van der Waals surface area contributed by atoms with Gasteiger partial charge in [0.05, 0.1) is 13.2 Å². The Balaban J connectivity index is 1.44. The Labute approximate surface area is 174 Å². The minimum atomic E-state index is -0.931. The minimum Gasteiger partial charge on any atom is -0.490 e. The highest BCUT2D eigenvalue weighted by molar-refractivity contribution is 5.90. The molecule has 0 aliphatic carbocycles. The summed E-state index contributed by atoms with van der Waals surface area (Å²) in [5.41, 5.74) is 1.66. The Kier molecular flexibility index (Phi) is 7.43. The SMILES string of the molecule is C[C@H](OC(=O)/C=C/c1ccc2c(c1)OCCCO2)C(=O)NCCc1ccc(F)cc1. The average Bonchev–Trinajstić information content (AvgIpc) is 2.98. The molecule has 1 aliphatic rings. The van der Waals surface area contributed by atoms with E-state index in [0.717, 1.165) is 17.5 Å². The summed E-state index contributed by atoms with van der Waals surface area (Å²) in [7, 11) is 0. The van der Waals surface area contributed by atoms with Gasteiger partial charge in [0, 0.05) is 19.0 Å². The Morgan fingerprint density at radius 3 is 2.63 bits per heavy atom. The Bertz CT molecular complexity index is 910. The van der Waals surface area contributed by atoms with E-state index < -0.39 is 18.0 Å². The molecule has 0 aromatic heterocycles. The van der Waals surface area contributed by atoms with Crippen LogP contribution in [0.15, 0.2) is 48.5 Å². The van der Waals surface area contributed by atoms with Gasteiger partial charge in [-0.05, 0) is 54.8 Å². The fourth-order valence-electron chi connectivity index (χ4n) is 2.84. The number of nitrogens with one attached hydrogen (secondary N) is 1. The van der Waals surface area contributed by atoms with Crippen molar-refractivity contribution in [3.63, 3.8) is 0 Å². The predicted molar refractivity (Wildman–Crippen MR) is 110 cm³/mol. The van der Waals surface area contributed by atoms with Crippen LogP contribution in [0.4, 0.5) is 4.39 Å². The van der Waals surface area contributed by atoms with Crippen molar-refractivity contribution in [2.75, 3.05) is 19.8 Å². The van der Waals surface area contributed by atoms with Crippen molar-refractivity contribution in [1.29, 1.82) is 0 Å². The zero-order valence-electron chi connectivity index (χ0n) is 16.7. The van der Waals surface area contributed by atoms with Gasteiger partial charge in [0.2, 0.25) is 0 Å². The largest absolute Gasteiger partial charge is 0.490 e. The van der Waals surface area contributed by atoms with Gasteiger partial charge in [-0.15, -0.1) is 0 Å². The standard InChI is InChI=1S/C23H24FNO5/c1-16(23(27)25-12-11-17-3-7-19(24)8-4-17)30-22(26)10-6-18-5-9-20-21(15-18)29-14-2-13-28-20/h3-10,15-16H,2,11-14H2,1H3,(H,25,27)/b10-6+/t16-/m0/s1. The van der Waals surface area contributed by atoms with Crippen molar-refractivity contribution in [3.05, 3.63) is 65.5 Å². The van der Waals surface area contributed by atoms with Gasteiger partial charge in [-0.2, -0.15) is 0 Å². The number of esters is 1. The first kappa shape index (κ1) is 21.4. The van der Waals surface area contributed by atoms with Crippen molar-refractivity contribution in [1.82, 2.24) is 5.32 Å². The molecule has 0 radical (unpaired) electrons. The van der Waals surface area contributed by atoms with E-state index >= 15 is 0 Å². The fraction of sp³-hybridized carbons (Fsp3) is 0.304. The molecule has 1 atom stereocenters. The molecule has 2 aromatic carbocycles. The highest BCUT2D eigenvalue weighted by Gasteiger charge is 2.16. The van der Waals surface area contributed by atoms with Crippen LogP contribution in [-0.4, -0.2) is 37.7 Å². The van der Waals surface area contributed by atoms with Crippen molar-refractivity contribution in [2.24, 2.45) is 0 Å². The monoisotopic (exact) mass is 413 g/mol. The Morgan fingerprint density at radius 1 is 1.13 bits per heavy atom. The predicted octanol–water partition coefficient (Wildman–Crippen LogP) is 3.29. The molecule has 1 aliphatic heterocycles. The van der Waals surface area contributed by atoms with Gasteiger partial charge >= 0.3 is 5.97 Å². The lowest BCUT2D eigenvalue weighted by Crippen LogP contribution is -2.36. The van der Waals surface area contributed by atoms with Crippen LogP contribution in [0, 0.1) is 5.82 Å². The topological polar surface area (TPSA) is 73.9 Å². The summed E-state index contributed by atoms with van der Waals surface area (Å²) in [4.78, 5) is 24.1. The molecule has 0 saturated carbocycles. The second-order valence-electron chi connectivity index (χ2n) is 6.84.